The molecule has 0 saturated carbocycles. The number of rotatable bonds is 3. The first kappa shape index (κ1) is 11.1. The van der Waals surface area contributed by atoms with E-state index in [4.69, 9.17) is 4.74 Å². The summed E-state index contributed by atoms with van der Waals surface area (Å²) in [6.45, 7) is 0. The second-order valence-corrected chi connectivity index (χ2v) is 3.30. The highest BCUT2D eigenvalue weighted by Crippen LogP contribution is 2.20. The van der Waals surface area contributed by atoms with Crippen molar-refractivity contribution in [3.8, 4) is 11.5 Å². The van der Waals surface area contributed by atoms with Gasteiger partial charge in [0.2, 0.25) is 0 Å². The fraction of sp³-hybridized carbons (Fsp3) is 0.0769. The quantitative estimate of drug-likeness (QED) is 0.759. The number of methoxy groups -OCH3 is 1. The Labute approximate surface area is 98.8 Å². The summed E-state index contributed by atoms with van der Waals surface area (Å²) in [4.78, 5) is 15.1. The van der Waals surface area contributed by atoms with Crippen LogP contribution in [0.15, 0.2) is 48.8 Å². The lowest BCUT2D eigenvalue weighted by atomic mass is 10.2. The number of hydrogen-bond acceptors (Lipinski definition) is 4. The molecule has 2 rings (SSSR count). The molecule has 2 aromatic rings. The van der Waals surface area contributed by atoms with Crippen LogP contribution in [0.3, 0.4) is 0 Å². The minimum absolute atomic E-state index is 0.361. The summed E-state index contributed by atoms with van der Waals surface area (Å²) >= 11 is 0. The van der Waals surface area contributed by atoms with Gasteiger partial charge in [-0.25, -0.2) is 4.79 Å². The van der Waals surface area contributed by atoms with Gasteiger partial charge in [0, 0.05) is 12.4 Å². The van der Waals surface area contributed by atoms with E-state index in [2.05, 4.69) is 9.72 Å². The van der Waals surface area contributed by atoms with Gasteiger partial charge >= 0.3 is 5.97 Å². The third-order valence-corrected chi connectivity index (χ3v) is 2.16. The Morgan fingerprint density at radius 3 is 2.18 bits per heavy atom. The second kappa shape index (κ2) is 5.12. The molecule has 0 aliphatic rings. The topological polar surface area (TPSA) is 48.4 Å². The monoisotopic (exact) mass is 229 g/mol. The van der Waals surface area contributed by atoms with Crippen LogP contribution in [-0.2, 0) is 4.74 Å². The van der Waals surface area contributed by atoms with Gasteiger partial charge in [-0.15, -0.1) is 0 Å². The van der Waals surface area contributed by atoms with Crippen LogP contribution in [0.5, 0.6) is 11.5 Å². The summed E-state index contributed by atoms with van der Waals surface area (Å²) in [5.41, 5.74) is 0.495. The van der Waals surface area contributed by atoms with E-state index in [0.29, 0.717) is 17.1 Å². The molecule has 4 nitrogen and oxygen atoms in total. The molecule has 17 heavy (non-hydrogen) atoms. The molecule has 0 bridgehead atoms. The molecule has 0 N–H and O–H groups in total. The first-order valence-corrected chi connectivity index (χ1v) is 5.06. The normalized spacial score (nSPS) is 9.71. The summed E-state index contributed by atoms with van der Waals surface area (Å²) in [5.74, 6) is 0.995. The molecule has 86 valence electrons. The third kappa shape index (κ3) is 2.81. The summed E-state index contributed by atoms with van der Waals surface area (Å²) < 4.78 is 10.2. The van der Waals surface area contributed by atoms with Crippen molar-refractivity contribution in [3.05, 3.63) is 54.4 Å². The summed E-state index contributed by atoms with van der Waals surface area (Å²) in [6, 6.07) is 10.3. The molecule has 0 saturated heterocycles. The Kier molecular flexibility index (Phi) is 3.35. The van der Waals surface area contributed by atoms with E-state index in [1.165, 1.54) is 7.11 Å². The predicted molar refractivity (Wildman–Crippen MR) is 62.1 cm³/mol. The average Bonchev–Trinajstić information content (AvgIpc) is 2.40. The van der Waals surface area contributed by atoms with E-state index in [-0.39, 0.29) is 5.97 Å². The van der Waals surface area contributed by atoms with Crippen molar-refractivity contribution in [1.82, 2.24) is 4.98 Å². The molecule has 0 aliphatic carbocycles. The maximum absolute atomic E-state index is 11.2. The average molecular weight is 229 g/mol. The molecule has 1 aromatic carbocycles. The van der Waals surface area contributed by atoms with E-state index in [1.807, 2.05) is 0 Å². The van der Waals surface area contributed by atoms with Crippen LogP contribution in [0.1, 0.15) is 10.4 Å². The lowest BCUT2D eigenvalue weighted by Crippen LogP contribution is -2.00. The highest BCUT2D eigenvalue weighted by Gasteiger charge is 2.04. The fourth-order valence-electron chi connectivity index (χ4n) is 1.32. The second-order valence-electron chi connectivity index (χ2n) is 3.30. The SMILES string of the molecule is COC(=O)c1ccc(Oc2ccncc2)cc1. The van der Waals surface area contributed by atoms with E-state index in [1.54, 1.807) is 48.8 Å². The van der Waals surface area contributed by atoms with Gasteiger partial charge in [0.1, 0.15) is 11.5 Å². The number of ether oxygens (including phenoxy) is 2. The molecular weight excluding hydrogens is 218 g/mol. The van der Waals surface area contributed by atoms with E-state index in [0.717, 1.165) is 0 Å². The van der Waals surface area contributed by atoms with Gasteiger partial charge in [-0.1, -0.05) is 0 Å². The van der Waals surface area contributed by atoms with Gasteiger partial charge in [0.15, 0.2) is 0 Å². The Morgan fingerprint density at radius 2 is 1.59 bits per heavy atom. The maximum Gasteiger partial charge on any atom is 0.337 e. The molecular formula is C13H11NO3. The van der Waals surface area contributed by atoms with Gasteiger partial charge in [0.05, 0.1) is 12.7 Å². The summed E-state index contributed by atoms with van der Waals surface area (Å²) in [7, 11) is 1.35. The highest BCUT2D eigenvalue weighted by atomic mass is 16.5. The van der Waals surface area contributed by atoms with Crippen molar-refractivity contribution in [3.63, 3.8) is 0 Å². The van der Waals surface area contributed by atoms with E-state index >= 15 is 0 Å². The molecule has 0 amide bonds. The van der Waals surface area contributed by atoms with Crippen LogP contribution >= 0.6 is 0 Å². The number of pyridine rings is 1. The zero-order valence-corrected chi connectivity index (χ0v) is 9.29. The number of carbonyl (C=O) groups is 1. The van der Waals surface area contributed by atoms with Gasteiger partial charge < -0.3 is 9.47 Å². The molecule has 1 heterocycles. The zero-order chi connectivity index (χ0) is 12.1. The number of esters is 1. The van der Waals surface area contributed by atoms with Crippen LogP contribution in [0.4, 0.5) is 0 Å². The van der Waals surface area contributed by atoms with Gasteiger partial charge in [0.25, 0.3) is 0 Å². The first-order valence-electron chi connectivity index (χ1n) is 5.06. The lowest BCUT2D eigenvalue weighted by molar-refractivity contribution is 0.0600. The van der Waals surface area contributed by atoms with Crippen molar-refractivity contribution in [2.75, 3.05) is 7.11 Å². The van der Waals surface area contributed by atoms with Crippen LogP contribution in [0.25, 0.3) is 0 Å². The van der Waals surface area contributed by atoms with Gasteiger partial charge in [-0.3, -0.25) is 4.98 Å². The maximum atomic E-state index is 11.2. The molecule has 0 spiro atoms. The number of benzene rings is 1. The van der Waals surface area contributed by atoms with Crippen molar-refractivity contribution in [2.24, 2.45) is 0 Å². The van der Waals surface area contributed by atoms with E-state index in [9.17, 15) is 4.79 Å². The number of hydrogen-bond donors (Lipinski definition) is 0. The van der Waals surface area contributed by atoms with Crippen LogP contribution in [-0.4, -0.2) is 18.1 Å². The highest BCUT2D eigenvalue weighted by molar-refractivity contribution is 5.89. The minimum atomic E-state index is -0.361. The van der Waals surface area contributed by atoms with Gasteiger partial charge in [-0.05, 0) is 36.4 Å². The molecule has 0 aliphatic heterocycles. The van der Waals surface area contributed by atoms with Gasteiger partial charge in [-0.2, -0.15) is 0 Å². The minimum Gasteiger partial charge on any atom is -0.465 e. The molecule has 1 aromatic heterocycles. The number of nitrogens with zero attached hydrogens (tertiary/aromatic N) is 1. The molecule has 4 heteroatoms. The predicted octanol–water partition coefficient (Wildman–Crippen LogP) is 2.66. The molecule has 0 radical (unpaired) electrons. The third-order valence-electron chi connectivity index (χ3n) is 2.16. The molecule has 0 unspecified atom stereocenters. The largest absolute Gasteiger partial charge is 0.465 e. The Hall–Kier alpha value is -2.36. The number of aromatic nitrogens is 1. The zero-order valence-electron chi connectivity index (χ0n) is 9.29. The Morgan fingerprint density at radius 1 is 1.00 bits per heavy atom. The Balaban J connectivity index is 2.11. The molecule has 0 atom stereocenters. The summed E-state index contributed by atoms with van der Waals surface area (Å²) in [6.07, 6.45) is 3.30. The van der Waals surface area contributed by atoms with Crippen LogP contribution in [0, 0.1) is 0 Å². The van der Waals surface area contributed by atoms with Crippen molar-refractivity contribution < 1.29 is 14.3 Å². The fourth-order valence-corrected chi connectivity index (χ4v) is 1.32. The first-order chi connectivity index (χ1) is 8.29. The van der Waals surface area contributed by atoms with E-state index < -0.39 is 0 Å². The van der Waals surface area contributed by atoms with Crippen LogP contribution in [0.2, 0.25) is 0 Å². The van der Waals surface area contributed by atoms with Crippen molar-refractivity contribution in [1.29, 1.82) is 0 Å². The summed E-state index contributed by atoms with van der Waals surface area (Å²) in [5, 5.41) is 0. The van der Waals surface area contributed by atoms with Crippen LogP contribution < -0.4 is 4.74 Å². The Bertz CT molecular complexity index is 494. The standard InChI is InChI=1S/C13H11NO3/c1-16-13(15)10-2-4-11(5-3-10)17-12-6-8-14-9-7-12/h2-9H,1H3. The lowest BCUT2D eigenvalue weighted by Gasteiger charge is -2.05. The van der Waals surface area contributed by atoms with Crippen molar-refractivity contribution >= 4 is 5.97 Å². The molecule has 0 fully saturated rings. The smallest absolute Gasteiger partial charge is 0.337 e. The van der Waals surface area contributed by atoms with Crippen molar-refractivity contribution in [2.45, 2.75) is 0 Å². The number of carbonyl (C=O) groups excluding carboxylic acids is 1.